The molecule has 1 aromatic carbocycles. The zero-order chi connectivity index (χ0) is 23.6. The first-order valence-electron chi connectivity index (χ1n) is 9.81. The molecule has 0 unspecified atom stereocenters. The molecule has 2 heterocycles. The second-order valence-corrected chi connectivity index (χ2v) is 7.56. The molecule has 1 aromatic heterocycles. The number of imide groups is 1. The standard InChI is InChI=1S/C22H21N3O7S/c1-30-16-6-2-3-7-17(16)31-14-20(27)32-13-19(26)24-9-10-25-21(28)18(33-22(25)29)11-15-5-4-8-23-12-15/h2-8,11-12H,9-10,13-14H2,1H3,(H,24,26)/b18-11-. The lowest BCUT2D eigenvalue weighted by molar-refractivity contribution is -0.150. The van der Waals surface area contributed by atoms with Gasteiger partial charge in [-0.05, 0) is 41.6 Å². The molecule has 1 fully saturated rings. The Labute approximate surface area is 193 Å². The van der Waals surface area contributed by atoms with Crippen molar-refractivity contribution in [2.45, 2.75) is 0 Å². The summed E-state index contributed by atoms with van der Waals surface area (Å²) in [5, 5.41) is 2.07. The Kier molecular flexibility index (Phi) is 8.42. The molecule has 1 aliphatic rings. The normalized spacial score (nSPS) is 14.3. The SMILES string of the molecule is COc1ccccc1OCC(=O)OCC(=O)NCCN1C(=O)S/C(=C\c2cccnc2)C1=O. The number of nitrogens with zero attached hydrogens (tertiary/aromatic N) is 2. The Hall–Kier alpha value is -3.86. The van der Waals surface area contributed by atoms with Gasteiger partial charge in [0.05, 0.1) is 12.0 Å². The van der Waals surface area contributed by atoms with Gasteiger partial charge in [0.1, 0.15) is 0 Å². The van der Waals surface area contributed by atoms with E-state index in [-0.39, 0.29) is 18.0 Å². The number of nitrogens with one attached hydrogen (secondary N) is 1. The number of amides is 3. The highest BCUT2D eigenvalue weighted by Crippen LogP contribution is 2.31. The largest absolute Gasteiger partial charge is 0.493 e. The van der Waals surface area contributed by atoms with Crippen LogP contribution in [0.5, 0.6) is 11.5 Å². The number of esters is 1. The van der Waals surface area contributed by atoms with Crippen LogP contribution in [-0.2, 0) is 19.1 Å². The fraction of sp³-hybridized carbons (Fsp3) is 0.227. The van der Waals surface area contributed by atoms with Gasteiger partial charge < -0.3 is 19.5 Å². The molecule has 172 valence electrons. The van der Waals surface area contributed by atoms with Crippen LogP contribution in [0.3, 0.4) is 0 Å². The molecule has 1 N–H and O–H groups in total. The summed E-state index contributed by atoms with van der Waals surface area (Å²) in [6.45, 7) is -0.900. The van der Waals surface area contributed by atoms with Gasteiger partial charge >= 0.3 is 5.97 Å². The Morgan fingerprint density at radius 1 is 1.12 bits per heavy atom. The number of aromatic nitrogens is 1. The molecule has 10 nitrogen and oxygen atoms in total. The van der Waals surface area contributed by atoms with E-state index in [2.05, 4.69) is 10.3 Å². The van der Waals surface area contributed by atoms with Gasteiger partial charge in [-0.1, -0.05) is 18.2 Å². The molecule has 0 spiro atoms. The van der Waals surface area contributed by atoms with Crippen LogP contribution >= 0.6 is 11.8 Å². The van der Waals surface area contributed by atoms with E-state index < -0.39 is 36.2 Å². The molecule has 11 heteroatoms. The summed E-state index contributed by atoms with van der Waals surface area (Å²) in [4.78, 5) is 53.5. The Morgan fingerprint density at radius 3 is 2.64 bits per heavy atom. The van der Waals surface area contributed by atoms with Crippen molar-refractivity contribution in [2.75, 3.05) is 33.4 Å². The lowest BCUT2D eigenvalue weighted by Crippen LogP contribution is -2.38. The van der Waals surface area contributed by atoms with Crippen LogP contribution in [-0.4, -0.2) is 66.3 Å². The number of ether oxygens (including phenoxy) is 3. The van der Waals surface area contributed by atoms with Crippen molar-refractivity contribution in [1.82, 2.24) is 15.2 Å². The van der Waals surface area contributed by atoms with E-state index in [1.807, 2.05) is 0 Å². The first-order valence-corrected chi connectivity index (χ1v) is 10.6. The maximum absolute atomic E-state index is 12.4. The predicted molar refractivity (Wildman–Crippen MR) is 119 cm³/mol. The molecule has 3 amide bonds. The molecule has 0 bridgehead atoms. The van der Waals surface area contributed by atoms with E-state index in [4.69, 9.17) is 14.2 Å². The molecular formula is C22H21N3O7S. The molecule has 2 aromatic rings. The van der Waals surface area contributed by atoms with E-state index in [1.54, 1.807) is 54.9 Å². The second-order valence-electron chi connectivity index (χ2n) is 6.57. The summed E-state index contributed by atoms with van der Waals surface area (Å²) in [5.74, 6) is -0.911. The molecule has 33 heavy (non-hydrogen) atoms. The maximum Gasteiger partial charge on any atom is 0.344 e. The smallest absolute Gasteiger partial charge is 0.344 e. The summed E-state index contributed by atoms with van der Waals surface area (Å²) < 4.78 is 15.3. The molecule has 3 rings (SSSR count). The van der Waals surface area contributed by atoms with Crippen molar-refractivity contribution in [3.8, 4) is 11.5 Å². The van der Waals surface area contributed by atoms with Gasteiger partial charge in [0.25, 0.3) is 17.1 Å². The molecule has 0 radical (unpaired) electrons. The average Bonchev–Trinajstić information content (AvgIpc) is 3.09. The highest BCUT2D eigenvalue weighted by molar-refractivity contribution is 8.18. The molecular weight excluding hydrogens is 450 g/mol. The van der Waals surface area contributed by atoms with Crippen molar-refractivity contribution < 1.29 is 33.4 Å². The molecule has 1 aliphatic heterocycles. The third-order valence-electron chi connectivity index (χ3n) is 4.29. The van der Waals surface area contributed by atoms with Gasteiger partial charge in [0, 0.05) is 25.5 Å². The van der Waals surface area contributed by atoms with E-state index in [0.29, 0.717) is 17.1 Å². The number of rotatable bonds is 10. The van der Waals surface area contributed by atoms with Gasteiger partial charge in [-0.25, -0.2) is 4.79 Å². The van der Waals surface area contributed by atoms with Crippen LogP contribution in [0.15, 0.2) is 53.7 Å². The minimum absolute atomic E-state index is 0.00829. The van der Waals surface area contributed by atoms with Crippen molar-refractivity contribution in [2.24, 2.45) is 0 Å². The zero-order valence-electron chi connectivity index (χ0n) is 17.7. The quantitative estimate of drug-likeness (QED) is 0.408. The van der Waals surface area contributed by atoms with Crippen LogP contribution in [0, 0.1) is 0 Å². The van der Waals surface area contributed by atoms with Crippen LogP contribution in [0.25, 0.3) is 6.08 Å². The van der Waals surface area contributed by atoms with E-state index >= 15 is 0 Å². The summed E-state index contributed by atoms with van der Waals surface area (Å²) >= 11 is 0.822. The number of para-hydroxylation sites is 2. The minimum Gasteiger partial charge on any atom is -0.493 e. The van der Waals surface area contributed by atoms with E-state index in [9.17, 15) is 19.2 Å². The first-order chi connectivity index (χ1) is 16.0. The Morgan fingerprint density at radius 2 is 1.91 bits per heavy atom. The number of pyridine rings is 1. The van der Waals surface area contributed by atoms with Crippen molar-refractivity contribution in [3.05, 3.63) is 59.3 Å². The number of benzene rings is 1. The molecule has 0 atom stereocenters. The first kappa shape index (κ1) is 23.8. The number of methoxy groups -OCH3 is 1. The van der Waals surface area contributed by atoms with Gasteiger partial charge in [-0.15, -0.1) is 0 Å². The highest BCUT2D eigenvalue weighted by atomic mass is 32.2. The topological polar surface area (TPSA) is 124 Å². The second kappa shape index (κ2) is 11.7. The van der Waals surface area contributed by atoms with E-state index in [1.165, 1.54) is 7.11 Å². The lowest BCUT2D eigenvalue weighted by Gasteiger charge is -2.13. The minimum atomic E-state index is -0.734. The number of carbonyl (C=O) groups excluding carboxylic acids is 4. The van der Waals surface area contributed by atoms with E-state index in [0.717, 1.165) is 16.7 Å². The van der Waals surface area contributed by atoms with Gasteiger partial charge in [0.15, 0.2) is 24.7 Å². The Balaban J connectivity index is 1.38. The number of hydrogen-bond acceptors (Lipinski definition) is 9. The average molecular weight is 471 g/mol. The van der Waals surface area contributed by atoms with Crippen molar-refractivity contribution in [3.63, 3.8) is 0 Å². The lowest BCUT2D eigenvalue weighted by atomic mass is 10.2. The van der Waals surface area contributed by atoms with Gasteiger partial charge in [0.2, 0.25) is 0 Å². The van der Waals surface area contributed by atoms with Crippen LogP contribution in [0.2, 0.25) is 0 Å². The van der Waals surface area contributed by atoms with Crippen molar-refractivity contribution >= 4 is 40.9 Å². The zero-order valence-corrected chi connectivity index (χ0v) is 18.5. The molecule has 1 saturated heterocycles. The summed E-state index contributed by atoms with van der Waals surface area (Å²) in [6, 6.07) is 10.3. The van der Waals surface area contributed by atoms with Crippen molar-refractivity contribution in [1.29, 1.82) is 0 Å². The highest BCUT2D eigenvalue weighted by Gasteiger charge is 2.34. The summed E-state index contributed by atoms with van der Waals surface area (Å²) in [7, 11) is 1.48. The number of thioether (sulfide) groups is 1. The van der Waals surface area contributed by atoms with Crippen LogP contribution in [0.1, 0.15) is 5.56 Å². The summed E-state index contributed by atoms with van der Waals surface area (Å²) in [6.07, 6.45) is 4.77. The van der Waals surface area contributed by atoms with Gasteiger partial charge in [-0.3, -0.25) is 24.3 Å². The summed E-state index contributed by atoms with van der Waals surface area (Å²) in [5.41, 5.74) is 0.702. The van der Waals surface area contributed by atoms with Crippen LogP contribution < -0.4 is 14.8 Å². The predicted octanol–water partition coefficient (Wildman–Crippen LogP) is 1.86. The molecule has 0 saturated carbocycles. The third-order valence-corrected chi connectivity index (χ3v) is 5.20. The maximum atomic E-state index is 12.4. The third kappa shape index (κ3) is 6.81. The fourth-order valence-electron chi connectivity index (χ4n) is 2.73. The monoisotopic (exact) mass is 471 g/mol. The number of carbonyl (C=O) groups is 4. The fourth-order valence-corrected chi connectivity index (χ4v) is 3.59. The number of hydrogen-bond donors (Lipinski definition) is 1. The Bertz CT molecular complexity index is 1060. The molecule has 0 aliphatic carbocycles. The van der Waals surface area contributed by atoms with Crippen LogP contribution in [0.4, 0.5) is 4.79 Å². The van der Waals surface area contributed by atoms with Gasteiger partial charge in [-0.2, -0.15) is 0 Å².